The number of piperidine rings is 1. The second-order valence-electron chi connectivity index (χ2n) is 5.20. The Morgan fingerprint density at radius 2 is 2.00 bits per heavy atom. The number of ketones is 1. The second-order valence-corrected chi connectivity index (χ2v) is 6.20. The number of anilines is 2. The van der Waals surface area contributed by atoms with E-state index < -0.39 is 0 Å². The number of rotatable bonds is 3. The van der Waals surface area contributed by atoms with E-state index in [0.29, 0.717) is 16.1 Å². The van der Waals surface area contributed by atoms with Crippen LogP contribution in [0.5, 0.6) is 0 Å². The molecule has 0 spiro atoms. The van der Waals surface area contributed by atoms with Gasteiger partial charge in [0, 0.05) is 19.0 Å². The van der Waals surface area contributed by atoms with Crippen LogP contribution in [-0.2, 0) is 0 Å². The Kier molecular flexibility index (Phi) is 4.11. The van der Waals surface area contributed by atoms with E-state index >= 15 is 0 Å². The summed E-state index contributed by atoms with van der Waals surface area (Å²) >= 11 is 1.38. The van der Waals surface area contributed by atoms with Crippen molar-refractivity contribution in [1.82, 2.24) is 0 Å². The van der Waals surface area contributed by atoms with E-state index in [2.05, 4.69) is 11.0 Å². The van der Waals surface area contributed by atoms with Crippen LogP contribution < -0.4 is 10.6 Å². The minimum absolute atomic E-state index is 0.0299. The SMILES string of the molecule is CC(C)C(=O)c1sc(N2CCCCC2)c(C#N)c1N. The van der Waals surface area contributed by atoms with Crippen molar-refractivity contribution in [3.8, 4) is 6.07 Å². The van der Waals surface area contributed by atoms with Crippen molar-refractivity contribution in [2.24, 2.45) is 5.92 Å². The van der Waals surface area contributed by atoms with Gasteiger partial charge in [0.2, 0.25) is 0 Å². The van der Waals surface area contributed by atoms with Crippen molar-refractivity contribution in [3.05, 3.63) is 10.4 Å². The molecule has 4 nitrogen and oxygen atoms in total. The van der Waals surface area contributed by atoms with Gasteiger partial charge in [-0.3, -0.25) is 4.79 Å². The Morgan fingerprint density at radius 1 is 1.37 bits per heavy atom. The van der Waals surface area contributed by atoms with E-state index in [-0.39, 0.29) is 11.7 Å². The summed E-state index contributed by atoms with van der Waals surface area (Å²) in [6.45, 7) is 5.61. The summed E-state index contributed by atoms with van der Waals surface area (Å²) in [5.74, 6) is -0.0658. The predicted molar refractivity (Wildman–Crippen MR) is 78.7 cm³/mol. The minimum atomic E-state index is -0.0956. The lowest BCUT2D eigenvalue weighted by molar-refractivity contribution is 0.0944. The molecule has 1 saturated heterocycles. The lowest BCUT2D eigenvalue weighted by Crippen LogP contribution is -2.29. The van der Waals surface area contributed by atoms with Crippen LogP contribution in [0.3, 0.4) is 0 Å². The second kappa shape index (κ2) is 5.62. The average molecular weight is 277 g/mol. The molecule has 1 fully saturated rings. The van der Waals surface area contributed by atoms with Gasteiger partial charge in [-0.15, -0.1) is 11.3 Å². The lowest BCUT2D eigenvalue weighted by atomic mass is 10.1. The van der Waals surface area contributed by atoms with Crippen LogP contribution in [0, 0.1) is 17.2 Å². The van der Waals surface area contributed by atoms with E-state index in [1.165, 1.54) is 17.8 Å². The lowest BCUT2D eigenvalue weighted by Gasteiger charge is -2.27. The Bertz CT molecular complexity index is 522. The van der Waals surface area contributed by atoms with Gasteiger partial charge in [0.05, 0.1) is 10.6 Å². The molecule has 0 aromatic carbocycles. The number of Topliss-reactive ketones (excluding diaryl/α,β-unsaturated/α-hetero) is 1. The monoisotopic (exact) mass is 277 g/mol. The Hall–Kier alpha value is -1.54. The molecule has 1 aromatic rings. The summed E-state index contributed by atoms with van der Waals surface area (Å²) in [4.78, 5) is 14.9. The zero-order valence-electron chi connectivity index (χ0n) is 11.4. The summed E-state index contributed by atoms with van der Waals surface area (Å²) < 4.78 is 0. The first kappa shape index (κ1) is 13.9. The molecule has 0 radical (unpaired) electrons. The first-order valence-corrected chi connectivity index (χ1v) is 7.49. The first-order valence-electron chi connectivity index (χ1n) is 6.67. The molecule has 2 rings (SSSR count). The normalized spacial score (nSPS) is 15.6. The third-order valence-corrected chi connectivity index (χ3v) is 4.71. The fourth-order valence-electron chi connectivity index (χ4n) is 2.30. The Morgan fingerprint density at radius 3 is 2.53 bits per heavy atom. The van der Waals surface area contributed by atoms with Gasteiger partial charge < -0.3 is 10.6 Å². The van der Waals surface area contributed by atoms with E-state index in [1.54, 1.807) is 0 Å². The molecule has 1 aliphatic rings. The standard InChI is InChI=1S/C14H19N3OS/c1-9(2)12(18)13-11(16)10(8-15)14(19-13)17-6-4-3-5-7-17/h9H,3-7,16H2,1-2H3. The van der Waals surface area contributed by atoms with Crippen molar-refractivity contribution in [1.29, 1.82) is 5.26 Å². The summed E-state index contributed by atoms with van der Waals surface area (Å²) in [5, 5.41) is 10.2. The number of thiophene rings is 1. The van der Waals surface area contributed by atoms with Gasteiger partial charge in [-0.05, 0) is 19.3 Å². The number of nitrogens with two attached hydrogens (primary N) is 1. The summed E-state index contributed by atoms with van der Waals surface area (Å²) in [6.07, 6.45) is 3.50. The summed E-state index contributed by atoms with van der Waals surface area (Å²) in [6, 6.07) is 2.17. The molecule has 0 unspecified atom stereocenters. The number of carbonyl (C=O) groups excluding carboxylic acids is 1. The van der Waals surface area contributed by atoms with Crippen molar-refractivity contribution < 1.29 is 4.79 Å². The van der Waals surface area contributed by atoms with Crippen LogP contribution in [0.15, 0.2) is 0 Å². The molecule has 0 amide bonds. The van der Waals surface area contributed by atoms with E-state index in [0.717, 1.165) is 30.9 Å². The fourth-order valence-corrected chi connectivity index (χ4v) is 3.62. The molecule has 2 heterocycles. The van der Waals surface area contributed by atoms with Gasteiger partial charge in [0.1, 0.15) is 16.6 Å². The van der Waals surface area contributed by atoms with Gasteiger partial charge in [-0.2, -0.15) is 5.26 Å². The average Bonchev–Trinajstić information content (AvgIpc) is 2.75. The van der Waals surface area contributed by atoms with Crippen LogP contribution in [-0.4, -0.2) is 18.9 Å². The van der Waals surface area contributed by atoms with Crippen LogP contribution in [0.4, 0.5) is 10.7 Å². The highest BCUT2D eigenvalue weighted by Crippen LogP contribution is 2.39. The molecule has 1 aromatic heterocycles. The van der Waals surface area contributed by atoms with Gasteiger partial charge in [-0.1, -0.05) is 13.8 Å². The predicted octanol–water partition coefficient (Wildman–Crippen LogP) is 3.03. The molecule has 2 N–H and O–H groups in total. The molecule has 1 aliphatic heterocycles. The van der Waals surface area contributed by atoms with Gasteiger partial charge in [0.25, 0.3) is 0 Å². The fraction of sp³-hybridized carbons (Fsp3) is 0.571. The highest BCUT2D eigenvalue weighted by atomic mass is 32.1. The molecule has 0 bridgehead atoms. The Labute approximate surface area is 117 Å². The van der Waals surface area contributed by atoms with Gasteiger partial charge in [0.15, 0.2) is 5.78 Å². The third kappa shape index (κ3) is 2.59. The molecule has 0 saturated carbocycles. The first-order chi connectivity index (χ1) is 9.06. The van der Waals surface area contributed by atoms with Crippen LogP contribution in [0.25, 0.3) is 0 Å². The van der Waals surface area contributed by atoms with Crippen molar-refractivity contribution in [3.63, 3.8) is 0 Å². The third-order valence-electron chi connectivity index (χ3n) is 3.43. The van der Waals surface area contributed by atoms with Crippen LogP contribution in [0.2, 0.25) is 0 Å². The Balaban J connectivity index is 2.41. The van der Waals surface area contributed by atoms with E-state index in [9.17, 15) is 10.1 Å². The van der Waals surface area contributed by atoms with E-state index in [4.69, 9.17) is 5.73 Å². The van der Waals surface area contributed by atoms with Crippen molar-refractivity contribution in [2.75, 3.05) is 23.7 Å². The number of nitrogen functional groups attached to an aromatic ring is 1. The number of carbonyl (C=O) groups is 1. The minimum Gasteiger partial charge on any atom is -0.396 e. The smallest absolute Gasteiger partial charge is 0.177 e. The van der Waals surface area contributed by atoms with Gasteiger partial charge >= 0.3 is 0 Å². The molecular weight excluding hydrogens is 258 g/mol. The largest absolute Gasteiger partial charge is 0.396 e. The number of hydrogen-bond acceptors (Lipinski definition) is 5. The highest BCUT2D eigenvalue weighted by Gasteiger charge is 2.26. The summed E-state index contributed by atoms with van der Waals surface area (Å²) in [7, 11) is 0. The zero-order valence-corrected chi connectivity index (χ0v) is 12.2. The van der Waals surface area contributed by atoms with Gasteiger partial charge in [-0.25, -0.2) is 0 Å². The zero-order chi connectivity index (χ0) is 14.0. The summed E-state index contributed by atoms with van der Waals surface area (Å²) in [5.41, 5.74) is 6.85. The van der Waals surface area contributed by atoms with Crippen molar-refractivity contribution >= 4 is 27.8 Å². The molecule has 0 aliphatic carbocycles. The maximum atomic E-state index is 12.1. The maximum Gasteiger partial charge on any atom is 0.177 e. The van der Waals surface area contributed by atoms with Crippen LogP contribution >= 0.6 is 11.3 Å². The number of nitriles is 1. The van der Waals surface area contributed by atoms with E-state index in [1.807, 2.05) is 13.8 Å². The maximum absolute atomic E-state index is 12.1. The molecule has 0 atom stereocenters. The topological polar surface area (TPSA) is 70.1 Å². The molecule has 19 heavy (non-hydrogen) atoms. The number of nitrogens with zero attached hydrogens (tertiary/aromatic N) is 2. The molecule has 102 valence electrons. The highest BCUT2D eigenvalue weighted by molar-refractivity contribution is 7.19. The molecule has 5 heteroatoms. The van der Waals surface area contributed by atoms with Crippen LogP contribution in [0.1, 0.15) is 48.3 Å². The van der Waals surface area contributed by atoms with Crippen molar-refractivity contribution in [2.45, 2.75) is 33.1 Å². The quantitative estimate of drug-likeness (QED) is 0.862. The number of hydrogen-bond donors (Lipinski definition) is 1. The molecular formula is C14H19N3OS.